The molecular weight excluding hydrogens is 247 g/mol. The van der Waals surface area contributed by atoms with Gasteiger partial charge in [-0.05, 0) is 25.1 Å². The minimum absolute atomic E-state index is 0.00730. The second-order valence-corrected chi connectivity index (χ2v) is 4.04. The van der Waals surface area contributed by atoms with Gasteiger partial charge in [-0.2, -0.15) is 0 Å². The monoisotopic (exact) mass is 260 g/mol. The SMILES string of the molecule is CC(NC(=O)c1cc(F)cnc1N)c1ccccn1. The van der Waals surface area contributed by atoms with Crippen LogP contribution < -0.4 is 11.1 Å². The number of amides is 1. The van der Waals surface area contributed by atoms with Crippen molar-refractivity contribution < 1.29 is 9.18 Å². The molecule has 2 aromatic heterocycles. The Balaban J connectivity index is 2.15. The molecule has 0 fully saturated rings. The zero-order valence-corrected chi connectivity index (χ0v) is 10.3. The van der Waals surface area contributed by atoms with Crippen LogP contribution in [0.2, 0.25) is 0 Å². The molecule has 0 saturated carbocycles. The maximum absolute atomic E-state index is 13.1. The normalized spacial score (nSPS) is 11.9. The molecule has 19 heavy (non-hydrogen) atoms. The Morgan fingerprint density at radius 2 is 2.21 bits per heavy atom. The third kappa shape index (κ3) is 3.04. The van der Waals surface area contributed by atoms with Gasteiger partial charge < -0.3 is 11.1 Å². The van der Waals surface area contributed by atoms with Gasteiger partial charge in [-0.1, -0.05) is 6.07 Å². The van der Waals surface area contributed by atoms with E-state index < -0.39 is 11.7 Å². The van der Waals surface area contributed by atoms with E-state index in [1.165, 1.54) is 0 Å². The second-order valence-electron chi connectivity index (χ2n) is 4.04. The lowest BCUT2D eigenvalue weighted by Gasteiger charge is -2.13. The zero-order chi connectivity index (χ0) is 13.8. The van der Waals surface area contributed by atoms with Crippen LogP contribution in [-0.2, 0) is 0 Å². The Kier molecular flexibility index (Phi) is 3.70. The maximum Gasteiger partial charge on any atom is 0.255 e. The quantitative estimate of drug-likeness (QED) is 0.880. The van der Waals surface area contributed by atoms with E-state index in [0.29, 0.717) is 5.69 Å². The summed E-state index contributed by atoms with van der Waals surface area (Å²) < 4.78 is 13.1. The van der Waals surface area contributed by atoms with Crippen LogP contribution in [0.3, 0.4) is 0 Å². The average molecular weight is 260 g/mol. The van der Waals surface area contributed by atoms with Crippen molar-refractivity contribution in [3.63, 3.8) is 0 Å². The number of hydrogen-bond acceptors (Lipinski definition) is 4. The van der Waals surface area contributed by atoms with Gasteiger partial charge in [-0.25, -0.2) is 9.37 Å². The summed E-state index contributed by atoms with van der Waals surface area (Å²) in [4.78, 5) is 19.7. The van der Waals surface area contributed by atoms with Crippen LogP contribution in [0.1, 0.15) is 29.0 Å². The first-order valence-electron chi connectivity index (χ1n) is 5.70. The molecule has 0 aliphatic heterocycles. The predicted molar refractivity (Wildman–Crippen MR) is 68.7 cm³/mol. The predicted octanol–water partition coefficient (Wildman–Crippen LogP) is 1.69. The molecule has 0 bridgehead atoms. The van der Waals surface area contributed by atoms with Crippen molar-refractivity contribution in [2.45, 2.75) is 13.0 Å². The number of anilines is 1. The van der Waals surface area contributed by atoms with Crippen LogP contribution in [-0.4, -0.2) is 15.9 Å². The molecule has 0 aliphatic rings. The number of halogens is 1. The van der Waals surface area contributed by atoms with Gasteiger partial charge in [0.25, 0.3) is 5.91 Å². The standard InChI is InChI=1S/C13H13FN4O/c1-8(11-4-2-3-5-16-11)18-13(19)10-6-9(14)7-17-12(10)15/h2-8H,1H3,(H2,15,17)(H,18,19). The lowest BCUT2D eigenvalue weighted by molar-refractivity contribution is 0.0939. The number of nitrogens with zero attached hydrogens (tertiary/aromatic N) is 2. The Hall–Kier alpha value is -2.50. The molecule has 1 atom stereocenters. The van der Waals surface area contributed by atoms with Crippen molar-refractivity contribution >= 4 is 11.7 Å². The molecule has 1 amide bonds. The fourth-order valence-electron chi connectivity index (χ4n) is 1.61. The largest absolute Gasteiger partial charge is 0.383 e. The first kappa shape index (κ1) is 12.9. The first-order valence-corrected chi connectivity index (χ1v) is 5.70. The van der Waals surface area contributed by atoms with Gasteiger partial charge in [0, 0.05) is 6.20 Å². The lowest BCUT2D eigenvalue weighted by atomic mass is 10.2. The highest BCUT2D eigenvalue weighted by Gasteiger charge is 2.15. The highest BCUT2D eigenvalue weighted by Crippen LogP contribution is 2.13. The van der Waals surface area contributed by atoms with Crippen molar-refractivity contribution in [2.24, 2.45) is 0 Å². The van der Waals surface area contributed by atoms with Crippen LogP contribution in [0.4, 0.5) is 10.2 Å². The summed E-state index contributed by atoms with van der Waals surface area (Å²) in [6.45, 7) is 1.78. The number of hydrogen-bond donors (Lipinski definition) is 2. The van der Waals surface area contributed by atoms with Crippen LogP contribution in [0.15, 0.2) is 36.7 Å². The topological polar surface area (TPSA) is 80.9 Å². The molecule has 0 spiro atoms. The number of rotatable bonds is 3. The number of carbonyl (C=O) groups is 1. The minimum atomic E-state index is -0.607. The number of nitrogens with one attached hydrogen (secondary N) is 1. The van der Waals surface area contributed by atoms with Crippen molar-refractivity contribution in [1.29, 1.82) is 0 Å². The van der Waals surface area contributed by atoms with Crippen LogP contribution in [0.5, 0.6) is 0 Å². The second kappa shape index (κ2) is 5.43. The van der Waals surface area contributed by atoms with E-state index in [2.05, 4.69) is 15.3 Å². The Labute approximate surface area is 109 Å². The molecule has 3 N–H and O–H groups in total. The molecule has 0 aromatic carbocycles. The van der Waals surface area contributed by atoms with Crippen molar-refractivity contribution in [3.8, 4) is 0 Å². The molecule has 98 valence electrons. The highest BCUT2D eigenvalue weighted by molar-refractivity contribution is 5.98. The number of aromatic nitrogens is 2. The van der Waals surface area contributed by atoms with E-state index in [9.17, 15) is 9.18 Å². The summed E-state index contributed by atoms with van der Waals surface area (Å²) in [5.74, 6) is -1.10. The summed E-state index contributed by atoms with van der Waals surface area (Å²) >= 11 is 0. The Morgan fingerprint density at radius 3 is 2.89 bits per heavy atom. The van der Waals surface area contributed by atoms with E-state index in [4.69, 9.17) is 5.73 Å². The van der Waals surface area contributed by atoms with E-state index in [-0.39, 0.29) is 17.4 Å². The summed E-state index contributed by atoms with van der Waals surface area (Å²) in [7, 11) is 0. The molecule has 1 unspecified atom stereocenters. The molecular formula is C13H13FN4O. The molecule has 6 heteroatoms. The van der Waals surface area contributed by atoms with E-state index >= 15 is 0 Å². The number of pyridine rings is 2. The van der Waals surface area contributed by atoms with E-state index in [1.807, 2.05) is 6.07 Å². The van der Waals surface area contributed by atoms with Gasteiger partial charge in [0.1, 0.15) is 11.6 Å². The summed E-state index contributed by atoms with van der Waals surface area (Å²) in [5, 5.41) is 2.69. The average Bonchev–Trinajstić information content (AvgIpc) is 2.42. The fourth-order valence-corrected chi connectivity index (χ4v) is 1.61. The van der Waals surface area contributed by atoms with Crippen LogP contribution in [0.25, 0.3) is 0 Å². The number of carbonyl (C=O) groups excluding carboxylic acids is 1. The Bertz CT molecular complexity index is 588. The first-order chi connectivity index (χ1) is 9.08. The van der Waals surface area contributed by atoms with Crippen molar-refractivity contribution in [1.82, 2.24) is 15.3 Å². The van der Waals surface area contributed by atoms with Gasteiger partial charge in [-0.15, -0.1) is 0 Å². The third-order valence-corrected chi connectivity index (χ3v) is 2.61. The highest BCUT2D eigenvalue weighted by atomic mass is 19.1. The maximum atomic E-state index is 13.1. The minimum Gasteiger partial charge on any atom is -0.383 e. The molecule has 0 aliphatic carbocycles. The number of nitrogen functional groups attached to an aromatic ring is 1. The zero-order valence-electron chi connectivity index (χ0n) is 10.3. The summed E-state index contributed by atoms with van der Waals surface area (Å²) in [6, 6.07) is 6.15. The van der Waals surface area contributed by atoms with E-state index in [1.54, 1.807) is 25.3 Å². The fraction of sp³-hybridized carbons (Fsp3) is 0.154. The van der Waals surface area contributed by atoms with Crippen molar-refractivity contribution in [2.75, 3.05) is 5.73 Å². The van der Waals surface area contributed by atoms with Gasteiger partial charge in [-0.3, -0.25) is 9.78 Å². The van der Waals surface area contributed by atoms with Crippen LogP contribution in [0, 0.1) is 5.82 Å². The van der Waals surface area contributed by atoms with Crippen molar-refractivity contribution in [3.05, 3.63) is 53.7 Å². The molecule has 2 aromatic rings. The molecule has 5 nitrogen and oxygen atoms in total. The molecule has 0 saturated heterocycles. The van der Waals surface area contributed by atoms with E-state index in [0.717, 1.165) is 12.3 Å². The van der Waals surface area contributed by atoms with Gasteiger partial charge >= 0.3 is 0 Å². The van der Waals surface area contributed by atoms with Gasteiger partial charge in [0.05, 0.1) is 23.5 Å². The third-order valence-electron chi connectivity index (χ3n) is 2.61. The summed E-state index contributed by atoms with van der Waals surface area (Å²) in [6.07, 6.45) is 2.60. The Morgan fingerprint density at radius 1 is 1.42 bits per heavy atom. The smallest absolute Gasteiger partial charge is 0.255 e. The van der Waals surface area contributed by atoms with Gasteiger partial charge in [0.2, 0.25) is 0 Å². The molecule has 2 rings (SSSR count). The van der Waals surface area contributed by atoms with Gasteiger partial charge in [0.15, 0.2) is 0 Å². The number of nitrogens with two attached hydrogens (primary N) is 1. The molecule has 2 heterocycles. The van der Waals surface area contributed by atoms with Crippen LogP contribution >= 0.6 is 0 Å². The summed E-state index contributed by atoms with van der Waals surface area (Å²) in [5.41, 5.74) is 6.27. The molecule has 0 radical (unpaired) electrons. The lowest BCUT2D eigenvalue weighted by Crippen LogP contribution is -2.28.